The molecule has 0 saturated heterocycles. The number of aromatic nitrogens is 2. The molecule has 3 N–H and O–H groups in total. The first-order chi connectivity index (χ1) is 7.86. The van der Waals surface area contributed by atoms with E-state index in [1.165, 1.54) is 5.56 Å². The molecule has 4 heteroatoms. The number of ether oxygens (including phenoxy) is 1. The summed E-state index contributed by atoms with van der Waals surface area (Å²) in [6, 6.07) is 6.01. The number of fused-ring (bicyclic) bond motifs is 1. The van der Waals surface area contributed by atoms with Crippen molar-refractivity contribution in [3.8, 4) is 0 Å². The average molecular weight is 215 g/mol. The van der Waals surface area contributed by atoms with Gasteiger partial charge in [-0.05, 0) is 11.6 Å². The van der Waals surface area contributed by atoms with Crippen LogP contribution in [0, 0.1) is 0 Å². The highest BCUT2D eigenvalue weighted by Gasteiger charge is 2.24. The van der Waals surface area contributed by atoms with E-state index < -0.39 is 0 Å². The van der Waals surface area contributed by atoms with Crippen molar-refractivity contribution in [2.75, 3.05) is 12.3 Å². The summed E-state index contributed by atoms with van der Waals surface area (Å²) in [5.74, 6) is 0.217. The zero-order valence-electron chi connectivity index (χ0n) is 8.81. The standard InChI is InChI=1S/C12H13N3O/c13-11-3-1-2-8-9(11)5-16-6-10(8)12-4-14-7-15-12/h1-4,7,10H,5-6,13H2,(H,14,15). The zero-order valence-corrected chi connectivity index (χ0v) is 8.81. The van der Waals surface area contributed by atoms with Gasteiger partial charge in [0.2, 0.25) is 0 Å². The van der Waals surface area contributed by atoms with Gasteiger partial charge in [0.15, 0.2) is 0 Å². The Balaban J connectivity index is 2.10. The zero-order chi connectivity index (χ0) is 11.0. The summed E-state index contributed by atoms with van der Waals surface area (Å²) in [4.78, 5) is 7.19. The van der Waals surface area contributed by atoms with E-state index in [0.29, 0.717) is 13.2 Å². The Morgan fingerprint density at radius 1 is 1.44 bits per heavy atom. The fourth-order valence-corrected chi connectivity index (χ4v) is 2.20. The number of H-pyrrole nitrogens is 1. The molecule has 1 aromatic heterocycles. The molecule has 3 rings (SSSR count). The molecule has 16 heavy (non-hydrogen) atoms. The Bertz CT molecular complexity index is 493. The summed E-state index contributed by atoms with van der Waals surface area (Å²) in [6.07, 6.45) is 3.53. The quantitative estimate of drug-likeness (QED) is 0.711. The van der Waals surface area contributed by atoms with Gasteiger partial charge in [0.25, 0.3) is 0 Å². The maximum absolute atomic E-state index is 5.95. The van der Waals surface area contributed by atoms with E-state index >= 15 is 0 Å². The molecule has 2 heterocycles. The van der Waals surface area contributed by atoms with Crippen LogP contribution in [0.3, 0.4) is 0 Å². The molecule has 0 aliphatic carbocycles. The second kappa shape index (κ2) is 3.64. The van der Waals surface area contributed by atoms with Gasteiger partial charge in [-0.1, -0.05) is 12.1 Å². The van der Waals surface area contributed by atoms with Crippen molar-refractivity contribution >= 4 is 5.69 Å². The van der Waals surface area contributed by atoms with E-state index in [1.54, 1.807) is 6.33 Å². The number of anilines is 1. The number of nitrogens with one attached hydrogen (secondary N) is 1. The highest BCUT2D eigenvalue weighted by atomic mass is 16.5. The lowest BCUT2D eigenvalue weighted by Gasteiger charge is -2.25. The maximum atomic E-state index is 5.95. The third-order valence-corrected chi connectivity index (χ3v) is 3.05. The van der Waals surface area contributed by atoms with Gasteiger partial charge in [0.1, 0.15) is 0 Å². The lowest BCUT2D eigenvalue weighted by Crippen LogP contribution is -2.19. The van der Waals surface area contributed by atoms with Crippen molar-refractivity contribution in [1.29, 1.82) is 0 Å². The third kappa shape index (κ3) is 1.39. The summed E-state index contributed by atoms with van der Waals surface area (Å²) in [7, 11) is 0. The fraction of sp³-hybridized carbons (Fsp3) is 0.250. The van der Waals surface area contributed by atoms with Crippen LogP contribution in [0.4, 0.5) is 5.69 Å². The number of nitrogen functional groups attached to an aromatic ring is 1. The van der Waals surface area contributed by atoms with Crippen LogP contribution in [0.2, 0.25) is 0 Å². The van der Waals surface area contributed by atoms with Crippen molar-refractivity contribution in [2.24, 2.45) is 0 Å². The second-order valence-electron chi connectivity index (χ2n) is 3.99. The summed E-state index contributed by atoms with van der Waals surface area (Å²) in [5, 5.41) is 0. The highest BCUT2D eigenvalue weighted by molar-refractivity contribution is 5.53. The predicted molar refractivity (Wildman–Crippen MR) is 60.9 cm³/mol. The minimum Gasteiger partial charge on any atom is -0.398 e. The molecule has 1 aromatic carbocycles. The van der Waals surface area contributed by atoms with Crippen molar-refractivity contribution in [3.63, 3.8) is 0 Å². The number of benzene rings is 1. The molecule has 1 aliphatic heterocycles. The number of imidazole rings is 1. The average Bonchev–Trinajstić information content (AvgIpc) is 2.82. The number of rotatable bonds is 1. The lowest BCUT2D eigenvalue weighted by atomic mass is 9.90. The van der Waals surface area contributed by atoms with E-state index in [2.05, 4.69) is 16.0 Å². The summed E-state index contributed by atoms with van der Waals surface area (Å²) in [6.45, 7) is 1.28. The first kappa shape index (κ1) is 9.42. The van der Waals surface area contributed by atoms with Crippen molar-refractivity contribution < 1.29 is 4.74 Å². The van der Waals surface area contributed by atoms with Crippen molar-refractivity contribution in [3.05, 3.63) is 47.5 Å². The summed E-state index contributed by atoms with van der Waals surface area (Å²) in [5.41, 5.74) is 10.2. The normalized spacial score (nSPS) is 19.4. The Hall–Kier alpha value is -1.81. The SMILES string of the molecule is Nc1cccc2c1COCC2c1cnc[nH]1. The van der Waals surface area contributed by atoms with Gasteiger partial charge >= 0.3 is 0 Å². The molecule has 0 fully saturated rings. The van der Waals surface area contributed by atoms with Crippen LogP contribution < -0.4 is 5.73 Å². The number of aromatic amines is 1. The second-order valence-corrected chi connectivity index (χ2v) is 3.99. The van der Waals surface area contributed by atoms with Gasteiger partial charge in [-0.25, -0.2) is 4.98 Å². The van der Waals surface area contributed by atoms with Gasteiger partial charge < -0.3 is 15.5 Å². The molecule has 0 spiro atoms. The highest BCUT2D eigenvalue weighted by Crippen LogP contribution is 2.33. The molecular formula is C12H13N3O. The summed E-state index contributed by atoms with van der Waals surface area (Å²) >= 11 is 0. The molecule has 2 aromatic rings. The lowest BCUT2D eigenvalue weighted by molar-refractivity contribution is 0.0992. The molecule has 1 unspecified atom stereocenters. The molecule has 82 valence electrons. The van der Waals surface area contributed by atoms with Gasteiger partial charge in [-0.2, -0.15) is 0 Å². The van der Waals surface area contributed by atoms with Crippen molar-refractivity contribution in [1.82, 2.24) is 9.97 Å². The molecule has 1 atom stereocenters. The fourth-order valence-electron chi connectivity index (χ4n) is 2.20. The van der Waals surface area contributed by atoms with Crippen LogP contribution in [-0.2, 0) is 11.3 Å². The molecule has 0 amide bonds. The van der Waals surface area contributed by atoms with Crippen LogP contribution in [0.1, 0.15) is 22.7 Å². The topological polar surface area (TPSA) is 63.9 Å². The van der Waals surface area contributed by atoms with E-state index in [0.717, 1.165) is 16.9 Å². The Morgan fingerprint density at radius 2 is 2.38 bits per heavy atom. The van der Waals surface area contributed by atoms with Crippen LogP contribution in [0.15, 0.2) is 30.7 Å². The van der Waals surface area contributed by atoms with Gasteiger partial charge in [0.05, 0.1) is 19.5 Å². The molecule has 0 saturated carbocycles. The largest absolute Gasteiger partial charge is 0.398 e. The van der Waals surface area contributed by atoms with Gasteiger partial charge in [-0.15, -0.1) is 0 Å². The smallest absolute Gasteiger partial charge is 0.0921 e. The van der Waals surface area contributed by atoms with Crippen LogP contribution in [0.25, 0.3) is 0 Å². The monoisotopic (exact) mass is 215 g/mol. The Morgan fingerprint density at radius 3 is 3.19 bits per heavy atom. The van der Waals surface area contributed by atoms with E-state index in [4.69, 9.17) is 10.5 Å². The number of hydrogen-bond donors (Lipinski definition) is 2. The van der Waals surface area contributed by atoms with E-state index in [-0.39, 0.29) is 5.92 Å². The molecule has 1 aliphatic rings. The predicted octanol–water partition coefficient (Wildman–Crippen LogP) is 1.65. The molecule has 4 nitrogen and oxygen atoms in total. The third-order valence-electron chi connectivity index (χ3n) is 3.05. The van der Waals surface area contributed by atoms with Crippen LogP contribution >= 0.6 is 0 Å². The Labute approximate surface area is 93.5 Å². The number of hydrogen-bond acceptors (Lipinski definition) is 3. The first-order valence-corrected chi connectivity index (χ1v) is 5.29. The van der Waals surface area contributed by atoms with Crippen molar-refractivity contribution in [2.45, 2.75) is 12.5 Å². The maximum Gasteiger partial charge on any atom is 0.0921 e. The number of nitrogens with two attached hydrogens (primary N) is 1. The summed E-state index contributed by atoms with van der Waals surface area (Å²) < 4.78 is 5.59. The molecule has 0 bridgehead atoms. The molecule has 0 radical (unpaired) electrons. The van der Waals surface area contributed by atoms with Gasteiger partial charge in [0, 0.05) is 29.1 Å². The molecular weight excluding hydrogens is 202 g/mol. The van der Waals surface area contributed by atoms with E-state index in [9.17, 15) is 0 Å². The number of nitrogens with zero attached hydrogens (tertiary/aromatic N) is 1. The minimum absolute atomic E-state index is 0.217. The van der Waals surface area contributed by atoms with Crippen LogP contribution in [0.5, 0.6) is 0 Å². The first-order valence-electron chi connectivity index (χ1n) is 5.29. The Kier molecular flexibility index (Phi) is 2.15. The van der Waals surface area contributed by atoms with E-state index in [1.807, 2.05) is 18.3 Å². The van der Waals surface area contributed by atoms with Gasteiger partial charge in [-0.3, -0.25) is 0 Å². The van der Waals surface area contributed by atoms with Crippen LogP contribution in [-0.4, -0.2) is 16.6 Å². The minimum atomic E-state index is 0.217.